The number of aliphatic hydroxyl groups is 1. The van der Waals surface area contributed by atoms with Gasteiger partial charge < -0.3 is 14.9 Å². The van der Waals surface area contributed by atoms with Gasteiger partial charge in [-0.3, -0.25) is 0 Å². The van der Waals surface area contributed by atoms with Gasteiger partial charge >= 0.3 is 0 Å². The van der Waals surface area contributed by atoms with Crippen molar-refractivity contribution >= 4 is 13.3 Å². The molecule has 4 heteroatoms. The van der Waals surface area contributed by atoms with Gasteiger partial charge in [0.05, 0.1) is 14.7 Å². The van der Waals surface area contributed by atoms with Crippen molar-refractivity contribution in [2.45, 2.75) is 39.3 Å². The van der Waals surface area contributed by atoms with Gasteiger partial charge in [0, 0.05) is 13.1 Å². The largest absolute Gasteiger partial charge is 0.392 e. The topological polar surface area (TPSA) is 26.7 Å². The Hall–Kier alpha value is -0.683. The van der Waals surface area contributed by atoms with Crippen molar-refractivity contribution in [1.82, 2.24) is 9.80 Å². The summed E-state index contributed by atoms with van der Waals surface area (Å²) in [6.07, 6.45) is 0. The van der Waals surface area contributed by atoms with E-state index in [9.17, 15) is 5.11 Å². The van der Waals surface area contributed by atoms with Crippen LogP contribution in [0.4, 0.5) is 0 Å². The highest BCUT2D eigenvalue weighted by Gasteiger charge is 2.24. The predicted molar refractivity (Wildman–Crippen MR) is 90.1 cm³/mol. The summed E-state index contributed by atoms with van der Waals surface area (Å²) in [4.78, 5) is 4.42. The van der Waals surface area contributed by atoms with Crippen molar-refractivity contribution in [3.05, 3.63) is 28.8 Å². The molecular weight excluding hydrogens is 264 g/mol. The van der Waals surface area contributed by atoms with E-state index in [0.29, 0.717) is 0 Å². The Morgan fingerprint density at radius 3 is 1.55 bits per heavy atom. The highest BCUT2D eigenvalue weighted by atomic mass is 28.3. The van der Waals surface area contributed by atoms with Crippen molar-refractivity contribution in [1.29, 1.82) is 0 Å². The van der Waals surface area contributed by atoms with Gasteiger partial charge in [-0.25, -0.2) is 0 Å². The molecule has 1 aromatic rings. The lowest BCUT2D eigenvalue weighted by atomic mass is 10.0. The molecule has 0 bridgehead atoms. The first-order valence-electron chi connectivity index (χ1n) is 7.20. The second kappa shape index (κ2) is 6.85. The summed E-state index contributed by atoms with van der Waals surface area (Å²) in [5.41, 5.74) is 3.80. The lowest BCUT2D eigenvalue weighted by molar-refractivity contribution is 0.281. The van der Waals surface area contributed by atoms with Crippen LogP contribution in [0.3, 0.4) is 0 Å². The van der Waals surface area contributed by atoms with E-state index in [-0.39, 0.29) is 6.61 Å². The zero-order valence-corrected chi connectivity index (χ0v) is 15.1. The van der Waals surface area contributed by atoms with Gasteiger partial charge in [-0.15, -0.1) is 0 Å². The molecule has 114 valence electrons. The first-order chi connectivity index (χ1) is 9.15. The van der Waals surface area contributed by atoms with Crippen LogP contribution >= 0.6 is 0 Å². The standard InChI is InChI=1S/C16H30N2OSi/c1-17(2)10-14-8-13(12-19)9-15(11-18(3)4)16(14)20(5,6)7/h8-9,19H,10-12H2,1-7H3. The number of aliphatic hydroxyl groups excluding tert-OH is 1. The van der Waals surface area contributed by atoms with Crippen LogP contribution in [0.5, 0.6) is 0 Å². The molecule has 0 spiro atoms. The van der Waals surface area contributed by atoms with Crippen LogP contribution in [-0.2, 0) is 19.7 Å². The first kappa shape index (κ1) is 17.4. The van der Waals surface area contributed by atoms with Gasteiger partial charge in [0.2, 0.25) is 0 Å². The maximum atomic E-state index is 9.53. The normalized spacial score (nSPS) is 12.5. The molecule has 0 unspecified atom stereocenters. The van der Waals surface area contributed by atoms with Gasteiger partial charge in [0.15, 0.2) is 0 Å². The minimum atomic E-state index is -1.43. The Bertz CT molecular complexity index is 419. The Kier molecular flexibility index (Phi) is 5.95. The third-order valence-electron chi connectivity index (χ3n) is 3.27. The summed E-state index contributed by atoms with van der Waals surface area (Å²) in [5, 5.41) is 11.1. The summed E-state index contributed by atoms with van der Waals surface area (Å²) < 4.78 is 0. The predicted octanol–water partition coefficient (Wildman–Crippen LogP) is 1.85. The number of benzene rings is 1. The molecule has 0 amide bonds. The highest BCUT2D eigenvalue weighted by molar-refractivity contribution is 6.89. The number of rotatable bonds is 6. The summed E-state index contributed by atoms with van der Waals surface area (Å²) >= 11 is 0. The second-order valence-corrected chi connectivity index (χ2v) is 12.2. The monoisotopic (exact) mass is 294 g/mol. The molecule has 0 fully saturated rings. The average Bonchev–Trinajstić information content (AvgIpc) is 2.24. The van der Waals surface area contributed by atoms with Gasteiger partial charge in [-0.2, -0.15) is 0 Å². The molecule has 1 aromatic carbocycles. The van der Waals surface area contributed by atoms with Crippen LogP contribution in [-0.4, -0.2) is 51.2 Å². The number of nitrogens with zero attached hydrogens (tertiary/aromatic N) is 2. The molecule has 20 heavy (non-hydrogen) atoms. The Balaban J connectivity index is 3.45. The molecule has 0 saturated heterocycles. The van der Waals surface area contributed by atoms with E-state index in [0.717, 1.165) is 18.7 Å². The first-order valence-corrected chi connectivity index (χ1v) is 10.7. The van der Waals surface area contributed by atoms with Crippen molar-refractivity contribution in [3.8, 4) is 0 Å². The van der Waals surface area contributed by atoms with E-state index in [4.69, 9.17) is 0 Å². The minimum Gasteiger partial charge on any atom is -0.392 e. The van der Waals surface area contributed by atoms with Crippen LogP contribution in [0, 0.1) is 0 Å². The Morgan fingerprint density at radius 1 is 0.900 bits per heavy atom. The molecule has 1 N–H and O–H groups in total. The molecule has 0 aliphatic rings. The summed E-state index contributed by atoms with van der Waals surface area (Å²) in [6, 6.07) is 4.37. The fourth-order valence-electron chi connectivity index (χ4n) is 2.83. The maximum absolute atomic E-state index is 9.53. The van der Waals surface area contributed by atoms with E-state index in [1.165, 1.54) is 11.1 Å². The van der Waals surface area contributed by atoms with E-state index >= 15 is 0 Å². The van der Waals surface area contributed by atoms with E-state index in [2.05, 4.69) is 69.8 Å². The molecule has 0 aromatic heterocycles. The van der Waals surface area contributed by atoms with Gasteiger partial charge in [-0.1, -0.05) is 37.0 Å². The van der Waals surface area contributed by atoms with Gasteiger partial charge in [0.1, 0.15) is 0 Å². The van der Waals surface area contributed by atoms with E-state index in [1.807, 2.05) is 0 Å². The van der Waals surface area contributed by atoms with Gasteiger partial charge in [-0.05, 0) is 44.9 Å². The molecule has 3 nitrogen and oxygen atoms in total. The Morgan fingerprint density at radius 2 is 1.30 bits per heavy atom. The van der Waals surface area contributed by atoms with Crippen molar-refractivity contribution < 1.29 is 5.11 Å². The van der Waals surface area contributed by atoms with Crippen LogP contribution in [0.1, 0.15) is 16.7 Å². The fraction of sp³-hybridized carbons (Fsp3) is 0.625. The molecule has 0 aliphatic carbocycles. The number of hydrogen-bond acceptors (Lipinski definition) is 3. The molecule has 0 heterocycles. The SMILES string of the molecule is CN(C)Cc1cc(CO)cc(CN(C)C)c1[Si](C)(C)C. The second-order valence-electron chi connectivity index (χ2n) is 7.17. The van der Waals surface area contributed by atoms with Crippen LogP contribution < -0.4 is 5.19 Å². The van der Waals surface area contributed by atoms with Crippen molar-refractivity contribution in [2.24, 2.45) is 0 Å². The summed E-state index contributed by atoms with van der Waals surface area (Å²) in [6.45, 7) is 9.20. The fourth-order valence-corrected chi connectivity index (χ4v) is 5.05. The van der Waals surface area contributed by atoms with Crippen LogP contribution in [0.15, 0.2) is 12.1 Å². The molecule has 0 atom stereocenters. The molecule has 0 radical (unpaired) electrons. The van der Waals surface area contributed by atoms with Gasteiger partial charge in [0.25, 0.3) is 0 Å². The summed E-state index contributed by atoms with van der Waals surface area (Å²) in [7, 11) is 6.98. The quantitative estimate of drug-likeness (QED) is 0.811. The molecular formula is C16H30N2OSi. The third-order valence-corrected chi connectivity index (χ3v) is 5.41. The third kappa shape index (κ3) is 4.70. The van der Waals surface area contributed by atoms with E-state index in [1.54, 1.807) is 5.19 Å². The van der Waals surface area contributed by atoms with Crippen molar-refractivity contribution in [3.63, 3.8) is 0 Å². The summed E-state index contributed by atoms with van der Waals surface area (Å²) in [5.74, 6) is 0. The van der Waals surface area contributed by atoms with Crippen LogP contribution in [0.2, 0.25) is 19.6 Å². The zero-order chi connectivity index (χ0) is 15.5. The Labute approximate surface area is 125 Å². The minimum absolute atomic E-state index is 0.118. The lowest BCUT2D eigenvalue weighted by Crippen LogP contribution is -2.44. The highest BCUT2D eigenvalue weighted by Crippen LogP contribution is 2.17. The smallest absolute Gasteiger partial charge is 0.0784 e. The number of hydrogen-bond donors (Lipinski definition) is 1. The molecule has 0 aliphatic heterocycles. The maximum Gasteiger partial charge on any atom is 0.0784 e. The van der Waals surface area contributed by atoms with Crippen molar-refractivity contribution in [2.75, 3.05) is 28.2 Å². The molecule has 0 saturated carbocycles. The van der Waals surface area contributed by atoms with E-state index < -0.39 is 8.07 Å². The zero-order valence-electron chi connectivity index (χ0n) is 14.1. The van der Waals surface area contributed by atoms with Crippen LogP contribution in [0.25, 0.3) is 0 Å². The lowest BCUT2D eigenvalue weighted by Gasteiger charge is -2.28. The average molecular weight is 295 g/mol. The molecule has 1 rings (SSSR count).